The van der Waals surface area contributed by atoms with E-state index in [9.17, 15) is 43.2 Å². The van der Waals surface area contributed by atoms with Crippen molar-refractivity contribution in [1.29, 1.82) is 0 Å². The molecule has 0 rings (SSSR count). The molecule has 0 saturated heterocycles. The smallest absolute Gasteiger partial charge is 0.462 e. The van der Waals surface area contributed by atoms with Crippen LogP contribution in [0.3, 0.4) is 0 Å². The lowest BCUT2D eigenvalue weighted by Gasteiger charge is -2.21. The van der Waals surface area contributed by atoms with Crippen LogP contribution in [0.1, 0.15) is 336 Å². The Labute approximate surface area is 517 Å². The maximum absolute atomic E-state index is 13.0. The summed E-state index contributed by atoms with van der Waals surface area (Å²) in [5.41, 5.74) is 0. The van der Waals surface area contributed by atoms with Gasteiger partial charge in [-0.3, -0.25) is 37.3 Å². The van der Waals surface area contributed by atoms with Gasteiger partial charge in [-0.25, -0.2) is 9.13 Å². The summed E-state index contributed by atoms with van der Waals surface area (Å²) < 4.78 is 67.9. The van der Waals surface area contributed by atoms with Crippen molar-refractivity contribution >= 4 is 39.5 Å². The van der Waals surface area contributed by atoms with Crippen molar-refractivity contribution in [2.45, 2.75) is 355 Å². The Kier molecular flexibility index (Phi) is 58.3. The van der Waals surface area contributed by atoms with Gasteiger partial charge in [-0.1, -0.05) is 285 Å². The van der Waals surface area contributed by atoms with Gasteiger partial charge in [-0.2, -0.15) is 0 Å². The standard InChI is InChI=1S/C66H128O17P2/c1-6-10-13-16-18-20-22-24-26-27-29-31-33-35-41-46-51-65(70)82-62(56-77-64(69)50-45-40-34-32-30-28-25-23-21-19-17-14-11-7-2)58-81-85(74,75)79-54-60(67)53-78-84(72,73)80-57-61(55-76-63(68)49-44-38-15-12-8-3)83-66(71)52-47-42-37-36-39-43-48-59(5)9-4/h59-62,67H,6-58H2,1-5H3,(H,72,73)(H,74,75)/t59?,60-,61+,62+/m0/s1. The average molecular weight is 1260 g/mol. The van der Waals surface area contributed by atoms with E-state index in [-0.39, 0.29) is 25.7 Å². The lowest BCUT2D eigenvalue weighted by Crippen LogP contribution is -2.30. The first-order valence-corrected chi connectivity index (χ1v) is 37.7. The predicted molar refractivity (Wildman–Crippen MR) is 340 cm³/mol. The van der Waals surface area contributed by atoms with Crippen molar-refractivity contribution in [3.8, 4) is 0 Å². The summed E-state index contributed by atoms with van der Waals surface area (Å²) >= 11 is 0. The van der Waals surface area contributed by atoms with Crippen LogP contribution in [0.15, 0.2) is 0 Å². The van der Waals surface area contributed by atoms with Crippen LogP contribution >= 0.6 is 15.6 Å². The van der Waals surface area contributed by atoms with E-state index in [4.69, 9.17) is 37.0 Å². The number of phosphoric acid groups is 2. The number of aliphatic hydroxyl groups excluding tert-OH is 1. The summed E-state index contributed by atoms with van der Waals surface area (Å²) in [6.45, 7) is 7.08. The molecule has 0 fully saturated rings. The van der Waals surface area contributed by atoms with Gasteiger partial charge in [-0.05, 0) is 31.6 Å². The van der Waals surface area contributed by atoms with Crippen LogP contribution in [-0.4, -0.2) is 96.7 Å². The van der Waals surface area contributed by atoms with Gasteiger partial charge in [0, 0.05) is 25.7 Å². The summed E-state index contributed by atoms with van der Waals surface area (Å²) in [5.74, 6) is -1.42. The molecule has 3 N–H and O–H groups in total. The first kappa shape index (κ1) is 83.1. The number of hydrogen-bond acceptors (Lipinski definition) is 15. The molecule has 19 heteroatoms. The molecular formula is C66H128O17P2. The molecule has 6 atom stereocenters. The molecule has 3 unspecified atom stereocenters. The minimum atomic E-state index is -4.95. The van der Waals surface area contributed by atoms with Crippen molar-refractivity contribution in [1.82, 2.24) is 0 Å². The highest BCUT2D eigenvalue weighted by atomic mass is 31.2. The van der Waals surface area contributed by atoms with Crippen LogP contribution in [0.4, 0.5) is 0 Å². The summed E-state index contributed by atoms with van der Waals surface area (Å²) in [6.07, 6.45) is 44.8. The minimum absolute atomic E-state index is 0.102. The van der Waals surface area contributed by atoms with Gasteiger partial charge in [0.15, 0.2) is 12.2 Å². The summed E-state index contributed by atoms with van der Waals surface area (Å²) in [6, 6.07) is 0. The molecule has 0 aromatic rings. The van der Waals surface area contributed by atoms with E-state index < -0.39 is 97.5 Å². The summed E-state index contributed by atoms with van der Waals surface area (Å²) in [5, 5.41) is 10.5. The Bertz CT molecular complexity index is 1650. The largest absolute Gasteiger partial charge is 0.472 e. The van der Waals surface area contributed by atoms with Crippen LogP contribution in [0.5, 0.6) is 0 Å². The van der Waals surface area contributed by atoms with Gasteiger partial charge in [0.25, 0.3) is 0 Å². The summed E-state index contributed by atoms with van der Waals surface area (Å²) in [7, 11) is -9.88. The fourth-order valence-corrected chi connectivity index (χ4v) is 11.5. The highest BCUT2D eigenvalue weighted by molar-refractivity contribution is 7.47. The molecule has 0 aromatic heterocycles. The third-order valence-corrected chi connectivity index (χ3v) is 17.5. The van der Waals surface area contributed by atoms with Crippen LogP contribution in [0.2, 0.25) is 0 Å². The van der Waals surface area contributed by atoms with Crippen molar-refractivity contribution in [3.63, 3.8) is 0 Å². The van der Waals surface area contributed by atoms with Crippen LogP contribution in [-0.2, 0) is 65.4 Å². The normalized spacial score (nSPS) is 14.5. The topological polar surface area (TPSA) is 237 Å². The second-order valence-corrected chi connectivity index (χ2v) is 27.0. The summed E-state index contributed by atoms with van der Waals surface area (Å²) in [4.78, 5) is 72.1. The van der Waals surface area contributed by atoms with Crippen molar-refractivity contribution < 1.29 is 80.2 Å². The Morgan fingerprint density at radius 3 is 0.835 bits per heavy atom. The van der Waals surface area contributed by atoms with Gasteiger partial charge in [0.2, 0.25) is 0 Å². The van der Waals surface area contributed by atoms with Crippen LogP contribution in [0.25, 0.3) is 0 Å². The van der Waals surface area contributed by atoms with Crippen molar-refractivity contribution in [2.24, 2.45) is 5.92 Å². The van der Waals surface area contributed by atoms with Gasteiger partial charge in [0.1, 0.15) is 19.3 Å². The quantitative estimate of drug-likeness (QED) is 0.0222. The second-order valence-electron chi connectivity index (χ2n) is 24.1. The van der Waals surface area contributed by atoms with E-state index in [0.29, 0.717) is 25.7 Å². The molecule has 0 aliphatic rings. The molecule has 0 spiro atoms. The maximum Gasteiger partial charge on any atom is 0.472 e. The molecule has 85 heavy (non-hydrogen) atoms. The zero-order chi connectivity index (χ0) is 62.8. The van der Waals surface area contributed by atoms with E-state index in [1.165, 1.54) is 154 Å². The highest BCUT2D eigenvalue weighted by Crippen LogP contribution is 2.45. The van der Waals surface area contributed by atoms with E-state index in [2.05, 4.69) is 34.6 Å². The number of carbonyl (C=O) groups is 4. The first-order valence-electron chi connectivity index (χ1n) is 34.7. The number of hydrogen-bond donors (Lipinski definition) is 3. The number of unbranched alkanes of at least 4 members (excludes halogenated alkanes) is 37. The van der Waals surface area contributed by atoms with Crippen LogP contribution in [0, 0.1) is 5.92 Å². The zero-order valence-corrected chi connectivity index (χ0v) is 56.5. The average Bonchev–Trinajstić information content (AvgIpc) is 3.59. The lowest BCUT2D eigenvalue weighted by molar-refractivity contribution is -0.161. The van der Waals surface area contributed by atoms with Crippen molar-refractivity contribution in [2.75, 3.05) is 39.6 Å². The highest BCUT2D eigenvalue weighted by Gasteiger charge is 2.30. The van der Waals surface area contributed by atoms with E-state index in [0.717, 1.165) is 102 Å². The molecule has 17 nitrogen and oxygen atoms in total. The second kappa shape index (κ2) is 59.7. The number of phosphoric ester groups is 2. The number of carbonyl (C=O) groups excluding carboxylic acids is 4. The molecule has 0 heterocycles. The number of ether oxygens (including phenoxy) is 4. The van der Waals surface area contributed by atoms with E-state index >= 15 is 0 Å². The number of aliphatic hydroxyl groups is 1. The molecule has 0 aromatic carbocycles. The number of rotatable bonds is 66. The van der Waals surface area contributed by atoms with E-state index in [1.807, 2.05) is 0 Å². The van der Waals surface area contributed by atoms with Gasteiger partial charge in [-0.15, -0.1) is 0 Å². The Hall–Kier alpha value is -1.94. The molecule has 0 amide bonds. The third-order valence-electron chi connectivity index (χ3n) is 15.6. The monoisotopic (exact) mass is 1250 g/mol. The van der Waals surface area contributed by atoms with Crippen molar-refractivity contribution in [3.05, 3.63) is 0 Å². The number of esters is 4. The molecule has 0 aliphatic heterocycles. The first-order chi connectivity index (χ1) is 41.1. The SMILES string of the molecule is CCCCCCCCCCCCCCCCCCC(=O)O[C@H](COC(=O)CCCCCCCCCCCCCCCC)COP(=O)(O)OC[C@@H](O)COP(=O)(O)OC[C@@H](COC(=O)CCCCCCC)OC(=O)CCCCCCCCC(C)CC. The molecular weight excluding hydrogens is 1130 g/mol. The maximum atomic E-state index is 13.0. The molecule has 0 saturated carbocycles. The van der Waals surface area contributed by atoms with Gasteiger partial charge in [0.05, 0.1) is 26.4 Å². The molecule has 0 bridgehead atoms. The predicted octanol–water partition coefficient (Wildman–Crippen LogP) is 18.6. The Morgan fingerprint density at radius 2 is 0.565 bits per heavy atom. The molecule has 504 valence electrons. The Balaban J connectivity index is 5.17. The molecule has 0 radical (unpaired) electrons. The molecule has 0 aliphatic carbocycles. The fraction of sp³-hybridized carbons (Fsp3) is 0.939. The Morgan fingerprint density at radius 1 is 0.329 bits per heavy atom. The zero-order valence-electron chi connectivity index (χ0n) is 54.7. The lowest BCUT2D eigenvalue weighted by atomic mass is 10.00. The van der Waals surface area contributed by atoms with E-state index in [1.54, 1.807) is 0 Å². The van der Waals surface area contributed by atoms with Gasteiger partial charge >= 0.3 is 39.5 Å². The third kappa shape index (κ3) is 59.5. The van der Waals surface area contributed by atoms with Crippen LogP contribution < -0.4 is 0 Å². The fourth-order valence-electron chi connectivity index (χ4n) is 9.90. The van der Waals surface area contributed by atoms with Gasteiger partial charge < -0.3 is 33.8 Å². The minimum Gasteiger partial charge on any atom is -0.462 e.